The number of carbonyl (C=O) groups excluding carboxylic acids is 3. The number of fused-ring (bicyclic) bond motifs is 1. The third-order valence-corrected chi connectivity index (χ3v) is 3.82. The molecule has 3 rings (SSSR count). The largest absolute Gasteiger partial charge is 0.482 e. The zero-order valence-corrected chi connectivity index (χ0v) is 11.3. The molecule has 102 valence electrons. The van der Waals surface area contributed by atoms with Crippen molar-refractivity contribution in [2.75, 3.05) is 18.6 Å². The van der Waals surface area contributed by atoms with E-state index in [2.05, 4.69) is 5.32 Å². The number of nitrogens with one attached hydrogen (secondary N) is 1. The number of imide groups is 1. The maximum Gasteiger partial charge on any atom is 0.290 e. The van der Waals surface area contributed by atoms with Crippen molar-refractivity contribution in [2.45, 2.75) is 0 Å². The molecule has 1 fully saturated rings. The minimum Gasteiger partial charge on any atom is -0.482 e. The molecule has 1 aromatic rings. The fourth-order valence-electron chi connectivity index (χ4n) is 1.95. The molecule has 0 bridgehead atoms. The predicted molar refractivity (Wildman–Crippen MR) is 74.5 cm³/mol. The fourth-order valence-corrected chi connectivity index (χ4v) is 2.63. The van der Waals surface area contributed by atoms with Crippen LogP contribution in [0.25, 0.3) is 6.08 Å². The van der Waals surface area contributed by atoms with Gasteiger partial charge in [-0.2, -0.15) is 0 Å². The standard InChI is InChI=1S/C13H10N2O4S/c1-15-8-4-7(2-3-9(8)19-6-11(15)16)5-10-12(17)14-13(18)20-10/h2-5H,6H2,1H3,(H,14,17,18)/b10-5-. The van der Waals surface area contributed by atoms with Crippen molar-refractivity contribution in [2.24, 2.45) is 0 Å². The van der Waals surface area contributed by atoms with Crippen LogP contribution in [0.4, 0.5) is 10.5 Å². The summed E-state index contributed by atoms with van der Waals surface area (Å²) >= 11 is 0.857. The lowest BCUT2D eigenvalue weighted by Crippen LogP contribution is -2.35. The minimum absolute atomic E-state index is 0.0245. The van der Waals surface area contributed by atoms with E-state index in [9.17, 15) is 14.4 Å². The highest BCUT2D eigenvalue weighted by atomic mass is 32.2. The van der Waals surface area contributed by atoms with Crippen molar-refractivity contribution in [3.63, 3.8) is 0 Å². The summed E-state index contributed by atoms with van der Waals surface area (Å²) < 4.78 is 5.32. The molecular formula is C13H10N2O4S. The zero-order valence-electron chi connectivity index (χ0n) is 10.5. The average Bonchev–Trinajstić information content (AvgIpc) is 2.73. The number of amides is 3. The molecule has 6 nitrogen and oxygen atoms in total. The van der Waals surface area contributed by atoms with Gasteiger partial charge in [0.1, 0.15) is 5.75 Å². The number of benzene rings is 1. The first-order valence-corrected chi connectivity index (χ1v) is 6.64. The van der Waals surface area contributed by atoms with Gasteiger partial charge in [0.15, 0.2) is 6.61 Å². The normalized spacial score (nSPS) is 19.9. The highest BCUT2D eigenvalue weighted by Crippen LogP contribution is 2.33. The summed E-state index contributed by atoms with van der Waals surface area (Å²) in [4.78, 5) is 36.0. The fraction of sp³-hybridized carbons (Fsp3) is 0.154. The van der Waals surface area contributed by atoms with Crippen molar-refractivity contribution < 1.29 is 19.1 Å². The molecule has 2 heterocycles. The van der Waals surface area contributed by atoms with Gasteiger partial charge >= 0.3 is 0 Å². The second kappa shape index (κ2) is 4.68. The van der Waals surface area contributed by atoms with Gasteiger partial charge in [-0.05, 0) is 35.5 Å². The highest BCUT2D eigenvalue weighted by Gasteiger charge is 2.26. The van der Waals surface area contributed by atoms with Crippen molar-refractivity contribution in [1.29, 1.82) is 0 Å². The average molecular weight is 290 g/mol. The van der Waals surface area contributed by atoms with Crippen molar-refractivity contribution in [3.05, 3.63) is 28.7 Å². The van der Waals surface area contributed by atoms with Gasteiger partial charge in [0.2, 0.25) is 0 Å². The number of nitrogens with zero attached hydrogens (tertiary/aromatic N) is 1. The number of rotatable bonds is 1. The van der Waals surface area contributed by atoms with E-state index in [1.54, 1.807) is 31.3 Å². The molecule has 0 aliphatic carbocycles. The Balaban J connectivity index is 1.97. The molecule has 7 heteroatoms. The maximum absolute atomic E-state index is 11.6. The number of anilines is 1. The van der Waals surface area contributed by atoms with Crippen LogP contribution in [0.1, 0.15) is 5.56 Å². The molecule has 0 aromatic heterocycles. The van der Waals surface area contributed by atoms with E-state index in [0.29, 0.717) is 16.3 Å². The van der Waals surface area contributed by atoms with Crippen LogP contribution >= 0.6 is 11.8 Å². The van der Waals surface area contributed by atoms with Crippen LogP contribution in [0.3, 0.4) is 0 Å². The van der Waals surface area contributed by atoms with Gasteiger partial charge in [0, 0.05) is 7.05 Å². The van der Waals surface area contributed by atoms with Crippen LogP contribution in [0.5, 0.6) is 5.75 Å². The Morgan fingerprint density at radius 2 is 2.15 bits per heavy atom. The quantitative estimate of drug-likeness (QED) is 0.790. The zero-order chi connectivity index (χ0) is 14.3. The topological polar surface area (TPSA) is 75.7 Å². The highest BCUT2D eigenvalue weighted by molar-refractivity contribution is 8.18. The van der Waals surface area contributed by atoms with Crippen molar-refractivity contribution in [1.82, 2.24) is 5.32 Å². The molecule has 20 heavy (non-hydrogen) atoms. The number of hydrogen-bond donors (Lipinski definition) is 1. The number of hydrogen-bond acceptors (Lipinski definition) is 5. The predicted octanol–water partition coefficient (Wildman–Crippen LogP) is 1.37. The first-order chi connectivity index (χ1) is 9.54. The Bertz CT molecular complexity index is 668. The van der Waals surface area contributed by atoms with Crippen LogP contribution < -0.4 is 15.0 Å². The molecule has 3 amide bonds. The molecule has 0 radical (unpaired) electrons. The van der Waals surface area contributed by atoms with Gasteiger partial charge in [0.25, 0.3) is 17.1 Å². The molecule has 1 N–H and O–H groups in total. The number of ether oxygens (including phenoxy) is 1. The summed E-state index contributed by atoms with van der Waals surface area (Å²) in [6, 6.07) is 5.26. The van der Waals surface area contributed by atoms with Crippen molar-refractivity contribution in [3.8, 4) is 5.75 Å². The number of likely N-dealkylation sites (N-methyl/N-ethyl adjacent to an activating group) is 1. The summed E-state index contributed by atoms with van der Waals surface area (Å²) in [5, 5.41) is 1.81. The van der Waals surface area contributed by atoms with Gasteiger partial charge in [0.05, 0.1) is 10.6 Å². The lowest BCUT2D eigenvalue weighted by atomic mass is 10.1. The van der Waals surface area contributed by atoms with Gasteiger partial charge in [-0.1, -0.05) is 6.07 Å². The molecule has 0 spiro atoms. The molecular weight excluding hydrogens is 280 g/mol. The molecule has 1 saturated heterocycles. The van der Waals surface area contributed by atoms with E-state index >= 15 is 0 Å². The van der Waals surface area contributed by atoms with Crippen LogP contribution in [0.15, 0.2) is 23.1 Å². The Morgan fingerprint density at radius 3 is 2.85 bits per heavy atom. The first-order valence-electron chi connectivity index (χ1n) is 5.83. The third-order valence-electron chi connectivity index (χ3n) is 3.01. The molecule has 2 aliphatic rings. The van der Waals surface area contributed by atoms with Gasteiger partial charge in [-0.15, -0.1) is 0 Å². The first kappa shape index (κ1) is 12.7. The molecule has 0 unspecified atom stereocenters. The molecule has 0 atom stereocenters. The van der Waals surface area contributed by atoms with E-state index in [0.717, 1.165) is 17.3 Å². The lowest BCUT2D eigenvalue weighted by Gasteiger charge is -2.26. The van der Waals surface area contributed by atoms with E-state index in [1.165, 1.54) is 4.90 Å². The second-order valence-corrected chi connectivity index (χ2v) is 5.34. The van der Waals surface area contributed by atoms with E-state index in [-0.39, 0.29) is 17.8 Å². The molecule has 1 aromatic carbocycles. The van der Waals surface area contributed by atoms with Crippen molar-refractivity contribution >= 4 is 40.6 Å². The van der Waals surface area contributed by atoms with Gasteiger partial charge < -0.3 is 9.64 Å². The minimum atomic E-state index is -0.404. The van der Waals surface area contributed by atoms with Crippen LogP contribution in [-0.4, -0.2) is 30.7 Å². The van der Waals surface area contributed by atoms with Gasteiger partial charge in [-0.25, -0.2) is 0 Å². The van der Waals surface area contributed by atoms with E-state index < -0.39 is 5.91 Å². The summed E-state index contributed by atoms with van der Waals surface area (Å²) in [5.74, 6) is 0.0812. The number of carbonyl (C=O) groups is 3. The summed E-state index contributed by atoms with van der Waals surface area (Å²) in [6.07, 6.45) is 1.61. The third kappa shape index (κ3) is 2.16. The van der Waals surface area contributed by atoms with E-state index in [1.807, 2.05) is 0 Å². The number of thioether (sulfide) groups is 1. The van der Waals surface area contributed by atoms with Crippen LogP contribution in [0.2, 0.25) is 0 Å². The SMILES string of the molecule is CN1C(=O)COc2ccc(/C=C3\SC(=O)NC3=O)cc21. The van der Waals surface area contributed by atoms with Crippen LogP contribution in [0, 0.1) is 0 Å². The molecule has 0 saturated carbocycles. The van der Waals surface area contributed by atoms with Gasteiger partial charge in [-0.3, -0.25) is 19.7 Å². The Morgan fingerprint density at radius 1 is 1.35 bits per heavy atom. The Hall–Kier alpha value is -2.28. The molecule has 2 aliphatic heterocycles. The Kier molecular flexibility index (Phi) is 2.98. The second-order valence-electron chi connectivity index (χ2n) is 4.32. The summed E-state index contributed by atoms with van der Waals surface area (Å²) in [6.45, 7) is 0.0245. The lowest BCUT2D eigenvalue weighted by molar-refractivity contribution is -0.121. The Labute approximate surface area is 118 Å². The summed E-state index contributed by atoms with van der Waals surface area (Å²) in [7, 11) is 1.67. The monoisotopic (exact) mass is 290 g/mol. The van der Waals surface area contributed by atoms with Crippen LogP contribution in [-0.2, 0) is 9.59 Å². The summed E-state index contributed by atoms with van der Waals surface area (Å²) in [5.41, 5.74) is 1.37. The maximum atomic E-state index is 11.6. The van der Waals surface area contributed by atoms with E-state index in [4.69, 9.17) is 4.74 Å². The smallest absolute Gasteiger partial charge is 0.290 e.